The van der Waals surface area contributed by atoms with E-state index in [1.165, 1.54) is 5.69 Å². The SMILES string of the molecule is CC1c2cccn2CCN1C(=O)C=Cc1ccco1. The van der Waals surface area contributed by atoms with Gasteiger partial charge in [-0.2, -0.15) is 0 Å². The van der Waals surface area contributed by atoms with Gasteiger partial charge in [0.25, 0.3) is 0 Å². The number of aromatic nitrogens is 1. The molecule has 2 aromatic heterocycles. The van der Waals surface area contributed by atoms with Crippen molar-refractivity contribution in [1.29, 1.82) is 0 Å². The molecule has 1 aliphatic rings. The molecule has 0 bridgehead atoms. The quantitative estimate of drug-likeness (QED) is 0.775. The van der Waals surface area contributed by atoms with E-state index in [9.17, 15) is 4.79 Å². The van der Waals surface area contributed by atoms with Crippen LogP contribution in [0.25, 0.3) is 6.08 Å². The topological polar surface area (TPSA) is 38.4 Å². The maximum atomic E-state index is 12.2. The van der Waals surface area contributed by atoms with E-state index in [4.69, 9.17) is 4.42 Å². The molecule has 4 heteroatoms. The zero-order valence-corrected chi connectivity index (χ0v) is 10.8. The molecule has 0 aromatic carbocycles. The summed E-state index contributed by atoms with van der Waals surface area (Å²) in [6, 6.07) is 7.84. The van der Waals surface area contributed by atoms with Crippen molar-refractivity contribution in [2.24, 2.45) is 0 Å². The van der Waals surface area contributed by atoms with Crippen molar-refractivity contribution in [3.05, 3.63) is 54.3 Å². The molecule has 3 rings (SSSR count). The monoisotopic (exact) mass is 256 g/mol. The first-order valence-corrected chi connectivity index (χ1v) is 6.43. The highest BCUT2D eigenvalue weighted by molar-refractivity contribution is 5.91. The van der Waals surface area contributed by atoms with Crippen molar-refractivity contribution in [2.75, 3.05) is 6.54 Å². The number of carbonyl (C=O) groups excluding carboxylic acids is 1. The first kappa shape index (κ1) is 11.8. The Labute approximate surface area is 111 Å². The second-order valence-corrected chi connectivity index (χ2v) is 4.68. The Hall–Kier alpha value is -2.23. The molecular formula is C15H16N2O2. The van der Waals surface area contributed by atoms with Crippen LogP contribution in [0.15, 0.2) is 47.2 Å². The standard InChI is InChI=1S/C15H16N2O2/c1-12-14-5-2-8-16(14)9-10-17(12)15(18)7-6-13-4-3-11-19-13/h2-8,11-12H,9-10H2,1H3. The van der Waals surface area contributed by atoms with E-state index < -0.39 is 0 Å². The molecule has 19 heavy (non-hydrogen) atoms. The number of fused-ring (bicyclic) bond motifs is 1. The van der Waals surface area contributed by atoms with E-state index in [0.717, 1.165) is 13.1 Å². The minimum atomic E-state index is 0.0244. The van der Waals surface area contributed by atoms with Gasteiger partial charge >= 0.3 is 0 Å². The largest absolute Gasteiger partial charge is 0.465 e. The summed E-state index contributed by atoms with van der Waals surface area (Å²) in [6.45, 7) is 3.65. The normalized spacial score (nSPS) is 18.8. The lowest BCUT2D eigenvalue weighted by molar-refractivity contribution is -0.129. The van der Waals surface area contributed by atoms with Gasteiger partial charge in [-0.1, -0.05) is 0 Å². The molecule has 0 spiro atoms. The second-order valence-electron chi connectivity index (χ2n) is 4.68. The third-order valence-electron chi connectivity index (χ3n) is 3.56. The fourth-order valence-corrected chi connectivity index (χ4v) is 2.52. The molecule has 1 atom stereocenters. The van der Waals surface area contributed by atoms with Crippen LogP contribution in [0.1, 0.15) is 24.4 Å². The van der Waals surface area contributed by atoms with E-state index >= 15 is 0 Å². The Bertz CT molecular complexity index is 595. The minimum Gasteiger partial charge on any atom is -0.465 e. The van der Waals surface area contributed by atoms with Gasteiger partial charge in [0.15, 0.2) is 0 Å². The van der Waals surface area contributed by atoms with E-state index in [1.54, 1.807) is 24.5 Å². The highest BCUT2D eigenvalue weighted by Gasteiger charge is 2.25. The van der Waals surface area contributed by atoms with Crippen LogP contribution in [0.5, 0.6) is 0 Å². The number of rotatable bonds is 2. The van der Waals surface area contributed by atoms with Gasteiger partial charge in [0.05, 0.1) is 12.3 Å². The van der Waals surface area contributed by atoms with Crippen molar-refractivity contribution in [3.8, 4) is 0 Å². The maximum absolute atomic E-state index is 12.2. The van der Waals surface area contributed by atoms with Crippen LogP contribution >= 0.6 is 0 Å². The Morgan fingerprint density at radius 3 is 3.05 bits per heavy atom. The van der Waals surface area contributed by atoms with Crippen molar-refractivity contribution in [3.63, 3.8) is 0 Å². The fraction of sp³-hybridized carbons (Fsp3) is 0.267. The summed E-state index contributed by atoms with van der Waals surface area (Å²) >= 11 is 0. The molecule has 0 saturated heterocycles. The van der Waals surface area contributed by atoms with E-state index in [0.29, 0.717) is 5.76 Å². The maximum Gasteiger partial charge on any atom is 0.247 e. The average Bonchev–Trinajstić information content (AvgIpc) is 3.07. The summed E-state index contributed by atoms with van der Waals surface area (Å²) in [5.74, 6) is 0.720. The van der Waals surface area contributed by atoms with Crippen molar-refractivity contribution in [2.45, 2.75) is 19.5 Å². The molecule has 2 aromatic rings. The smallest absolute Gasteiger partial charge is 0.247 e. The van der Waals surface area contributed by atoms with E-state index in [2.05, 4.69) is 23.8 Å². The van der Waals surface area contributed by atoms with Crippen LogP contribution in [-0.4, -0.2) is 21.9 Å². The predicted octanol–water partition coefficient (Wildman–Crippen LogP) is 2.70. The molecule has 0 fully saturated rings. The zero-order valence-electron chi connectivity index (χ0n) is 10.8. The zero-order chi connectivity index (χ0) is 13.2. The van der Waals surface area contributed by atoms with Crippen LogP contribution in [-0.2, 0) is 11.3 Å². The number of carbonyl (C=O) groups is 1. The lowest BCUT2D eigenvalue weighted by atomic mass is 10.1. The van der Waals surface area contributed by atoms with Crippen LogP contribution in [0.4, 0.5) is 0 Å². The lowest BCUT2D eigenvalue weighted by Crippen LogP contribution is -2.39. The van der Waals surface area contributed by atoms with Crippen molar-refractivity contribution in [1.82, 2.24) is 9.47 Å². The molecular weight excluding hydrogens is 240 g/mol. The number of amides is 1. The van der Waals surface area contributed by atoms with Crippen molar-refractivity contribution < 1.29 is 9.21 Å². The number of furan rings is 1. The fourth-order valence-electron chi connectivity index (χ4n) is 2.52. The summed E-state index contributed by atoms with van der Waals surface area (Å²) in [7, 11) is 0. The first-order chi connectivity index (χ1) is 9.25. The van der Waals surface area contributed by atoms with E-state index in [-0.39, 0.29) is 11.9 Å². The summed E-state index contributed by atoms with van der Waals surface area (Å²) in [6.07, 6.45) is 6.95. The molecule has 0 saturated carbocycles. The minimum absolute atomic E-state index is 0.0244. The highest BCUT2D eigenvalue weighted by atomic mass is 16.3. The number of nitrogens with zero attached hydrogens (tertiary/aromatic N) is 2. The highest BCUT2D eigenvalue weighted by Crippen LogP contribution is 2.25. The molecule has 0 radical (unpaired) electrons. The second kappa shape index (κ2) is 4.80. The van der Waals surface area contributed by atoms with Gasteiger partial charge in [0, 0.05) is 31.1 Å². The molecule has 0 aliphatic carbocycles. The Balaban J connectivity index is 1.75. The van der Waals surface area contributed by atoms with Gasteiger partial charge in [-0.25, -0.2) is 0 Å². The first-order valence-electron chi connectivity index (χ1n) is 6.43. The van der Waals surface area contributed by atoms with Crippen LogP contribution in [0.2, 0.25) is 0 Å². The Morgan fingerprint density at radius 2 is 2.26 bits per heavy atom. The number of hydrogen-bond donors (Lipinski definition) is 0. The summed E-state index contributed by atoms with van der Waals surface area (Å²) in [4.78, 5) is 14.1. The molecule has 98 valence electrons. The van der Waals surface area contributed by atoms with Gasteiger partial charge in [-0.15, -0.1) is 0 Å². The predicted molar refractivity (Wildman–Crippen MR) is 72.3 cm³/mol. The third kappa shape index (κ3) is 2.21. The molecule has 1 aliphatic heterocycles. The van der Waals surface area contributed by atoms with Gasteiger partial charge in [0.1, 0.15) is 5.76 Å². The summed E-state index contributed by atoms with van der Waals surface area (Å²) < 4.78 is 7.38. The van der Waals surface area contributed by atoms with Crippen LogP contribution < -0.4 is 0 Å². The average molecular weight is 256 g/mol. The van der Waals surface area contributed by atoms with Crippen LogP contribution in [0.3, 0.4) is 0 Å². The van der Waals surface area contributed by atoms with Crippen LogP contribution in [0, 0.1) is 0 Å². The number of hydrogen-bond acceptors (Lipinski definition) is 2. The van der Waals surface area contributed by atoms with Crippen molar-refractivity contribution >= 4 is 12.0 Å². The molecule has 1 amide bonds. The summed E-state index contributed by atoms with van der Waals surface area (Å²) in [5.41, 5.74) is 1.19. The molecule has 3 heterocycles. The Kier molecular flexibility index (Phi) is 2.99. The lowest BCUT2D eigenvalue weighted by Gasteiger charge is -2.34. The van der Waals surface area contributed by atoms with Gasteiger partial charge in [0.2, 0.25) is 5.91 Å². The van der Waals surface area contributed by atoms with Gasteiger partial charge < -0.3 is 13.9 Å². The molecule has 0 N–H and O–H groups in total. The van der Waals surface area contributed by atoms with Gasteiger partial charge in [-0.3, -0.25) is 4.79 Å². The van der Waals surface area contributed by atoms with E-state index in [1.807, 2.05) is 17.0 Å². The third-order valence-corrected chi connectivity index (χ3v) is 3.56. The summed E-state index contributed by atoms with van der Waals surface area (Å²) in [5, 5.41) is 0. The molecule has 4 nitrogen and oxygen atoms in total. The van der Waals surface area contributed by atoms with Gasteiger partial charge in [-0.05, 0) is 37.3 Å². The Morgan fingerprint density at radius 1 is 1.37 bits per heavy atom. The molecule has 1 unspecified atom stereocenters.